The van der Waals surface area contributed by atoms with Crippen molar-refractivity contribution in [1.29, 1.82) is 0 Å². The van der Waals surface area contributed by atoms with Crippen molar-refractivity contribution in [2.45, 2.75) is 46.5 Å². The molecule has 0 radical (unpaired) electrons. The SMILES string of the molecule is CCOC(=O)c1c(C(C)C)[nH]c(C=O)c1C(C)C. The molecule has 0 unspecified atom stereocenters. The second-order valence-electron chi connectivity index (χ2n) is 4.89. The highest BCUT2D eigenvalue weighted by Crippen LogP contribution is 2.30. The quantitative estimate of drug-likeness (QED) is 0.645. The van der Waals surface area contributed by atoms with E-state index in [4.69, 9.17) is 4.74 Å². The zero-order valence-electron chi connectivity index (χ0n) is 11.7. The van der Waals surface area contributed by atoms with Crippen LogP contribution in [-0.2, 0) is 4.74 Å². The van der Waals surface area contributed by atoms with E-state index in [1.54, 1.807) is 6.92 Å². The van der Waals surface area contributed by atoms with Gasteiger partial charge < -0.3 is 9.72 Å². The summed E-state index contributed by atoms with van der Waals surface area (Å²) in [4.78, 5) is 26.2. The number of esters is 1. The maximum Gasteiger partial charge on any atom is 0.340 e. The zero-order valence-corrected chi connectivity index (χ0v) is 11.7. The second kappa shape index (κ2) is 5.85. The van der Waals surface area contributed by atoms with Gasteiger partial charge in [0.25, 0.3) is 0 Å². The van der Waals surface area contributed by atoms with E-state index in [9.17, 15) is 9.59 Å². The molecule has 4 heteroatoms. The summed E-state index contributed by atoms with van der Waals surface area (Å²) in [5.41, 5.74) is 2.55. The molecule has 0 fully saturated rings. The molecule has 0 aliphatic heterocycles. The number of rotatable bonds is 5. The third-order valence-corrected chi connectivity index (χ3v) is 2.85. The predicted octanol–water partition coefficient (Wildman–Crippen LogP) is 3.25. The number of hydrogen-bond acceptors (Lipinski definition) is 3. The average Bonchev–Trinajstić information content (AvgIpc) is 2.68. The van der Waals surface area contributed by atoms with E-state index in [1.807, 2.05) is 27.7 Å². The maximum atomic E-state index is 12.1. The number of hydrogen-bond donors (Lipinski definition) is 1. The second-order valence-corrected chi connectivity index (χ2v) is 4.89. The van der Waals surface area contributed by atoms with Gasteiger partial charge in [-0.2, -0.15) is 0 Å². The highest BCUT2D eigenvalue weighted by Gasteiger charge is 2.26. The summed E-state index contributed by atoms with van der Waals surface area (Å²) in [6.07, 6.45) is 0.768. The molecule has 1 aromatic rings. The molecule has 4 nitrogen and oxygen atoms in total. The van der Waals surface area contributed by atoms with Gasteiger partial charge in [-0.05, 0) is 24.3 Å². The van der Waals surface area contributed by atoms with Crippen molar-refractivity contribution in [3.05, 3.63) is 22.5 Å². The summed E-state index contributed by atoms with van der Waals surface area (Å²) < 4.78 is 5.09. The third kappa shape index (κ3) is 2.63. The summed E-state index contributed by atoms with van der Waals surface area (Å²) in [7, 11) is 0. The van der Waals surface area contributed by atoms with Crippen LogP contribution in [0.3, 0.4) is 0 Å². The van der Waals surface area contributed by atoms with Crippen LogP contribution >= 0.6 is 0 Å². The van der Waals surface area contributed by atoms with Gasteiger partial charge in [0.2, 0.25) is 0 Å². The Kier molecular flexibility index (Phi) is 4.70. The first-order valence-electron chi connectivity index (χ1n) is 6.32. The molecule has 100 valence electrons. The van der Waals surface area contributed by atoms with E-state index >= 15 is 0 Å². The summed E-state index contributed by atoms with van der Waals surface area (Å²) in [6, 6.07) is 0. The van der Waals surface area contributed by atoms with Gasteiger partial charge in [0.1, 0.15) is 0 Å². The summed E-state index contributed by atoms with van der Waals surface area (Å²) in [5.74, 6) is -0.127. The zero-order chi connectivity index (χ0) is 13.9. The molecule has 0 amide bonds. The number of carbonyl (C=O) groups excluding carboxylic acids is 2. The lowest BCUT2D eigenvalue weighted by molar-refractivity contribution is 0.0523. The van der Waals surface area contributed by atoms with Crippen LogP contribution in [-0.4, -0.2) is 23.8 Å². The first kappa shape index (κ1) is 14.5. The highest BCUT2D eigenvalue weighted by atomic mass is 16.5. The highest BCUT2D eigenvalue weighted by molar-refractivity contribution is 5.96. The topological polar surface area (TPSA) is 59.2 Å². The predicted molar refractivity (Wildman–Crippen MR) is 70.3 cm³/mol. The Labute approximate surface area is 108 Å². The lowest BCUT2D eigenvalue weighted by Crippen LogP contribution is -2.11. The minimum Gasteiger partial charge on any atom is -0.462 e. The average molecular weight is 251 g/mol. The Bertz CT molecular complexity index is 444. The molecule has 0 saturated heterocycles. The Morgan fingerprint density at radius 3 is 2.28 bits per heavy atom. The molecule has 0 aliphatic rings. The van der Waals surface area contributed by atoms with Crippen LogP contribution in [0.15, 0.2) is 0 Å². The van der Waals surface area contributed by atoms with Crippen molar-refractivity contribution in [2.24, 2.45) is 0 Å². The Morgan fingerprint density at radius 1 is 1.28 bits per heavy atom. The van der Waals surface area contributed by atoms with Crippen LogP contribution in [0.4, 0.5) is 0 Å². The van der Waals surface area contributed by atoms with Crippen molar-refractivity contribution in [3.8, 4) is 0 Å². The molecule has 1 aromatic heterocycles. The molecule has 1 rings (SSSR count). The molecule has 0 aliphatic carbocycles. The lowest BCUT2D eigenvalue weighted by Gasteiger charge is -2.11. The van der Waals surface area contributed by atoms with Gasteiger partial charge >= 0.3 is 5.97 Å². The van der Waals surface area contributed by atoms with Gasteiger partial charge in [-0.1, -0.05) is 27.7 Å². The van der Waals surface area contributed by atoms with Crippen molar-refractivity contribution < 1.29 is 14.3 Å². The monoisotopic (exact) mass is 251 g/mol. The fourth-order valence-electron chi connectivity index (χ4n) is 2.10. The number of nitrogens with one attached hydrogen (secondary N) is 1. The van der Waals surface area contributed by atoms with Crippen molar-refractivity contribution in [3.63, 3.8) is 0 Å². The van der Waals surface area contributed by atoms with Crippen LogP contribution < -0.4 is 0 Å². The number of carbonyl (C=O) groups is 2. The van der Waals surface area contributed by atoms with E-state index in [2.05, 4.69) is 4.98 Å². The van der Waals surface area contributed by atoms with E-state index in [1.165, 1.54) is 0 Å². The molecule has 1 N–H and O–H groups in total. The molecular formula is C14H21NO3. The fourth-order valence-corrected chi connectivity index (χ4v) is 2.10. The Hall–Kier alpha value is -1.58. The van der Waals surface area contributed by atoms with Crippen LogP contribution in [0.5, 0.6) is 0 Å². The van der Waals surface area contributed by atoms with Crippen LogP contribution in [0.1, 0.15) is 78.6 Å². The maximum absolute atomic E-state index is 12.1. The molecule has 0 saturated carbocycles. The van der Waals surface area contributed by atoms with E-state index in [-0.39, 0.29) is 17.8 Å². The minimum absolute atomic E-state index is 0.0911. The third-order valence-electron chi connectivity index (χ3n) is 2.85. The molecule has 0 spiro atoms. The van der Waals surface area contributed by atoms with Gasteiger partial charge in [-0.3, -0.25) is 4.79 Å². The standard InChI is InChI=1S/C14H21NO3/c1-6-18-14(17)12-11(8(2)3)10(7-16)15-13(12)9(4)5/h7-9,15H,6H2,1-5H3. The van der Waals surface area contributed by atoms with Crippen molar-refractivity contribution in [1.82, 2.24) is 4.98 Å². The smallest absolute Gasteiger partial charge is 0.340 e. The number of aromatic amines is 1. The lowest BCUT2D eigenvalue weighted by atomic mass is 9.95. The molecule has 0 aromatic carbocycles. The van der Waals surface area contributed by atoms with Crippen LogP contribution in [0.2, 0.25) is 0 Å². The molecular weight excluding hydrogens is 230 g/mol. The van der Waals surface area contributed by atoms with Gasteiger partial charge in [-0.25, -0.2) is 4.79 Å². The number of H-pyrrole nitrogens is 1. The van der Waals surface area contributed by atoms with E-state index in [0.717, 1.165) is 17.5 Å². The van der Waals surface area contributed by atoms with Gasteiger partial charge in [0, 0.05) is 5.69 Å². The summed E-state index contributed by atoms with van der Waals surface area (Å²) in [5, 5.41) is 0. The number of aromatic nitrogens is 1. The summed E-state index contributed by atoms with van der Waals surface area (Å²) in [6.45, 7) is 9.98. The van der Waals surface area contributed by atoms with E-state index < -0.39 is 0 Å². The first-order chi connectivity index (χ1) is 8.43. The van der Waals surface area contributed by atoms with Crippen molar-refractivity contribution in [2.75, 3.05) is 6.61 Å². The Balaban J connectivity index is 3.45. The van der Waals surface area contributed by atoms with E-state index in [0.29, 0.717) is 17.9 Å². The van der Waals surface area contributed by atoms with Gasteiger partial charge in [-0.15, -0.1) is 0 Å². The molecule has 1 heterocycles. The normalized spacial score (nSPS) is 11.1. The van der Waals surface area contributed by atoms with Crippen molar-refractivity contribution >= 4 is 12.3 Å². The van der Waals surface area contributed by atoms with Gasteiger partial charge in [0.15, 0.2) is 6.29 Å². The summed E-state index contributed by atoms with van der Waals surface area (Å²) >= 11 is 0. The molecule has 0 atom stereocenters. The largest absolute Gasteiger partial charge is 0.462 e. The minimum atomic E-state index is -0.353. The molecule has 0 bridgehead atoms. The number of aldehydes is 1. The van der Waals surface area contributed by atoms with Crippen LogP contribution in [0, 0.1) is 0 Å². The number of ether oxygens (including phenoxy) is 1. The first-order valence-corrected chi connectivity index (χ1v) is 6.32. The molecule has 18 heavy (non-hydrogen) atoms. The Morgan fingerprint density at radius 2 is 1.89 bits per heavy atom. The van der Waals surface area contributed by atoms with Crippen LogP contribution in [0.25, 0.3) is 0 Å². The fraction of sp³-hybridized carbons (Fsp3) is 0.571. The van der Waals surface area contributed by atoms with Gasteiger partial charge in [0.05, 0.1) is 17.9 Å².